The van der Waals surface area contributed by atoms with Gasteiger partial charge in [-0.3, -0.25) is 4.79 Å². The topological polar surface area (TPSA) is 54.0 Å². The molecule has 1 aromatic heterocycles. The molecule has 0 aliphatic rings. The van der Waals surface area contributed by atoms with Crippen LogP contribution in [-0.2, 0) is 6.42 Å². The molecule has 4 rings (SSSR count). The number of anilines is 3. The highest BCUT2D eigenvalue weighted by Gasteiger charge is 2.10. The average Bonchev–Trinajstić information content (AvgIpc) is 3.32. The maximum absolute atomic E-state index is 13.9. The Morgan fingerprint density at radius 1 is 0.971 bits per heavy atom. The fourth-order valence-electron chi connectivity index (χ4n) is 3.68. The zero-order valence-corrected chi connectivity index (χ0v) is 20.0. The maximum Gasteiger partial charge on any atom is 0.255 e. The lowest BCUT2D eigenvalue weighted by molar-refractivity contribution is 0.102. The van der Waals surface area contributed by atoms with Gasteiger partial charge in [0.2, 0.25) is 0 Å². The number of benzene rings is 3. The smallest absolute Gasteiger partial charge is 0.255 e. The molecule has 34 heavy (non-hydrogen) atoms. The Morgan fingerprint density at radius 2 is 1.79 bits per heavy atom. The number of aryl methyl sites for hydroxylation is 1. The third-order valence-electron chi connectivity index (χ3n) is 5.57. The molecule has 0 saturated heterocycles. The van der Waals surface area contributed by atoms with Crippen molar-refractivity contribution in [2.24, 2.45) is 0 Å². The lowest BCUT2D eigenvalue weighted by Crippen LogP contribution is -2.11. The minimum absolute atomic E-state index is 0.144. The van der Waals surface area contributed by atoms with Gasteiger partial charge in [-0.2, -0.15) is 0 Å². The van der Waals surface area contributed by atoms with E-state index in [0.29, 0.717) is 22.1 Å². The van der Waals surface area contributed by atoms with Gasteiger partial charge in [-0.1, -0.05) is 62.6 Å². The summed E-state index contributed by atoms with van der Waals surface area (Å²) in [5.74, 6) is -0.469. The van der Waals surface area contributed by atoms with Crippen molar-refractivity contribution in [1.82, 2.24) is 4.98 Å². The Balaban J connectivity index is 1.39. The Kier molecular flexibility index (Phi) is 8.04. The van der Waals surface area contributed by atoms with E-state index in [-0.39, 0.29) is 11.7 Å². The van der Waals surface area contributed by atoms with Crippen molar-refractivity contribution in [3.05, 3.63) is 95.1 Å². The van der Waals surface area contributed by atoms with E-state index in [1.165, 1.54) is 48.6 Å². The molecule has 174 valence electrons. The number of nitrogens with one attached hydrogen (secondary N) is 2. The average molecular weight is 474 g/mol. The minimum atomic E-state index is -0.325. The molecule has 4 aromatic rings. The molecule has 2 N–H and O–H groups in total. The van der Waals surface area contributed by atoms with Gasteiger partial charge in [0.05, 0.1) is 11.4 Å². The lowest BCUT2D eigenvalue weighted by atomic mass is 10.0. The molecule has 1 amide bonds. The first kappa shape index (κ1) is 23.6. The number of carbonyl (C=O) groups excluding carboxylic acids is 1. The van der Waals surface area contributed by atoms with Crippen LogP contribution in [0, 0.1) is 5.82 Å². The van der Waals surface area contributed by atoms with Gasteiger partial charge in [0.1, 0.15) is 5.82 Å². The van der Waals surface area contributed by atoms with E-state index in [1.54, 1.807) is 18.2 Å². The third-order valence-corrected chi connectivity index (χ3v) is 6.33. The van der Waals surface area contributed by atoms with Gasteiger partial charge in [0.25, 0.3) is 5.91 Å². The first-order chi connectivity index (χ1) is 16.6. The van der Waals surface area contributed by atoms with E-state index in [0.717, 1.165) is 17.7 Å². The molecule has 0 saturated carbocycles. The molecule has 0 radical (unpaired) electrons. The summed E-state index contributed by atoms with van der Waals surface area (Å²) in [6, 6.07) is 21.9. The van der Waals surface area contributed by atoms with E-state index in [4.69, 9.17) is 0 Å². The van der Waals surface area contributed by atoms with E-state index >= 15 is 0 Å². The van der Waals surface area contributed by atoms with Crippen LogP contribution < -0.4 is 10.6 Å². The molecule has 0 fully saturated rings. The molecular weight excluding hydrogens is 445 g/mol. The summed E-state index contributed by atoms with van der Waals surface area (Å²) in [6.45, 7) is 2.21. The molecule has 0 bridgehead atoms. The van der Waals surface area contributed by atoms with Crippen molar-refractivity contribution in [2.45, 2.75) is 39.0 Å². The van der Waals surface area contributed by atoms with Crippen molar-refractivity contribution in [3.8, 4) is 11.3 Å². The molecule has 1 heterocycles. The number of thiazole rings is 1. The summed E-state index contributed by atoms with van der Waals surface area (Å²) < 4.78 is 13.9. The van der Waals surface area contributed by atoms with Crippen LogP contribution in [-0.4, -0.2) is 10.9 Å². The number of hydrogen-bond acceptors (Lipinski definition) is 4. The Bertz CT molecular complexity index is 1240. The van der Waals surface area contributed by atoms with Crippen molar-refractivity contribution >= 4 is 33.8 Å². The van der Waals surface area contributed by atoms with E-state index in [9.17, 15) is 9.18 Å². The quantitative estimate of drug-likeness (QED) is 0.229. The van der Waals surface area contributed by atoms with Gasteiger partial charge in [-0.05, 0) is 54.8 Å². The number of nitrogens with zero attached hydrogens (tertiary/aromatic N) is 1. The van der Waals surface area contributed by atoms with Crippen LogP contribution in [0.25, 0.3) is 11.3 Å². The zero-order chi connectivity index (χ0) is 23.8. The number of rotatable bonds is 10. The van der Waals surface area contributed by atoms with Crippen molar-refractivity contribution < 1.29 is 9.18 Å². The third kappa shape index (κ3) is 6.29. The number of carbonyl (C=O) groups is 1. The van der Waals surface area contributed by atoms with Crippen LogP contribution >= 0.6 is 11.3 Å². The molecule has 0 atom stereocenters. The minimum Gasteiger partial charge on any atom is -0.329 e. The largest absolute Gasteiger partial charge is 0.329 e. The van der Waals surface area contributed by atoms with Crippen molar-refractivity contribution in [3.63, 3.8) is 0 Å². The molecular formula is C28H28FN3OS. The highest BCUT2D eigenvalue weighted by molar-refractivity contribution is 7.14. The van der Waals surface area contributed by atoms with Crippen LogP contribution in [0.2, 0.25) is 0 Å². The molecule has 0 spiro atoms. The summed E-state index contributed by atoms with van der Waals surface area (Å²) in [6.07, 6.45) is 5.97. The van der Waals surface area contributed by atoms with Gasteiger partial charge in [-0.15, -0.1) is 11.3 Å². The summed E-state index contributed by atoms with van der Waals surface area (Å²) >= 11 is 1.40. The summed E-state index contributed by atoms with van der Waals surface area (Å²) in [5, 5.41) is 8.50. The number of unbranched alkanes of at least 4 members (excludes halogenated alkanes) is 3. The fourth-order valence-corrected chi connectivity index (χ4v) is 4.41. The molecule has 4 nitrogen and oxygen atoms in total. The first-order valence-electron chi connectivity index (χ1n) is 11.6. The highest BCUT2D eigenvalue weighted by atomic mass is 32.1. The van der Waals surface area contributed by atoms with Crippen molar-refractivity contribution in [2.75, 3.05) is 10.6 Å². The van der Waals surface area contributed by atoms with Gasteiger partial charge in [0, 0.05) is 22.2 Å². The summed E-state index contributed by atoms with van der Waals surface area (Å²) in [4.78, 5) is 17.3. The monoisotopic (exact) mass is 473 g/mol. The number of amides is 1. The predicted molar refractivity (Wildman–Crippen MR) is 139 cm³/mol. The summed E-state index contributed by atoms with van der Waals surface area (Å²) in [5.41, 5.74) is 4.61. The maximum atomic E-state index is 13.9. The Hall–Kier alpha value is -3.51. The van der Waals surface area contributed by atoms with Crippen LogP contribution in [0.3, 0.4) is 0 Å². The number of hydrogen-bond donors (Lipinski definition) is 2. The normalized spacial score (nSPS) is 10.8. The van der Waals surface area contributed by atoms with E-state index in [2.05, 4.69) is 22.5 Å². The predicted octanol–water partition coefficient (Wildman–Crippen LogP) is 8.07. The number of para-hydroxylation sites is 1. The second-order valence-electron chi connectivity index (χ2n) is 8.19. The fraction of sp³-hybridized carbons (Fsp3) is 0.214. The van der Waals surface area contributed by atoms with Gasteiger partial charge < -0.3 is 10.6 Å². The lowest BCUT2D eigenvalue weighted by Gasteiger charge is -2.08. The molecule has 0 aliphatic heterocycles. The van der Waals surface area contributed by atoms with Gasteiger partial charge >= 0.3 is 0 Å². The summed E-state index contributed by atoms with van der Waals surface area (Å²) in [7, 11) is 0. The van der Waals surface area contributed by atoms with Gasteiger partial charge in [0.15, 0.2) is 5.13 Å². The van der Waals surface area contributed by atoms with Crippen LogP contribution in [0.1, 0.15) is 48.5 Å². The van der Waals surface area contributed by atoms with Crippen LogP contribution in [0.4, 0.5) is 20.9 Å². The zero-order valence-electron chi connectivity index (χ0n) is 19.2. The molecule has 0 unspecified atom stereocenters. The SMILES string of the molecule is CCCCCCc1ccc(C(=O)Nc2cccc(-c3csc(Nc4ccccc4F)n3)c2)cc1. The molecule has 6 heteroatoms. The number of aromatic nitrogens is 1. The molecule has 0 aliphatic carbocycles. The van der Waals surface area contributed by atoms with E-state index < -0.39 is 0 Å². The first-order valence-corrected chi connectivity index (χ1v) is 12.5. The standard InChI is InChI=1S/C28H28FN3OS/c1-2-3-4-5-9-20-14-16-21(17-15-20)27(33)30-23-11-8-10-22(18-23)26-19-34-28(32-26)31-25-13-7-6-12-24(25)29/h6-8,10-19H,2-5,9H2,1H3,(H,30,33)(H,31,32). The highest BCUT2D eigenvalue weighted by Crippen LogP contribution is 2.29. The second-order valence-corrected chi connectivity index (χ2v) is 9.04. The number of halogens is 1. The van der Waals surface area contributed by atoms with Gasteiger partial charge in [-0.25, -0.2) is 9.37 Å². The van der Waals surface area contributed by atoms with Crippen LogP contribution in [0.5, 0.6) is 0 Å². The van der Waals surface area contributed by atoms with Crippen molar-refractivity contribution in [1.29, 1.82) is 0 Å². The Morgan fingerprint density at radius 3 is 2.59 bits per heavy atom. The van der Waals surface area contributed by atoms with E-state index in [1.807, 2.05) is 53.9 Å². The Labute approximate surface area is 203 Å². The molecule has 3 aromatic carbocycles. The second kappa shape index (κ2) is 11.6. The van der Waals surface area contributed by atoms with Crippen LogP contribution in [0.15, 0.2) is 78.2 Å².